The highest BCUT2D eigenvalue weighted by molar-refractivity contribution is 4.51. The van der Waals surface area contributed by atoms with Crippen molar-refractivity contribution >= 4 is 0 Å². The standard InChI is InChI=1S/C6H14O4.C4H8O2.C4H10O.CH4O/c7-1-3-9-5-6-10-4-2-8;1-5-4-2-3-6-4;1-3-5-4-2;1-2/h7-8H,1-6H2;4H,2-3H2,1H3;3-4H2,1-2H3;2H,1H3. The topological polar surface area (TPSA) is 107 Å². The highest BCUT2D eigenvalue weighted by Gasteiger charge is 2.15. The number of hydrogen-bond acceptors (Lipinski definition) is 8. The second kappa shape index (κ2) is 29.7. The van der Waals surface area contributed by atoms with E-state index in [-0.39, 0.29) is 19.5 Å². The van der Waals surface area contributed by atoms with Gasteiger partial charge in [-0.15, -0.1) is 0 Å². The van der Waals surface area contributed by atoms with Crippen LogP contribution in [0.4, 0.5) is 0 Å². The molecule has 0 bridgehead atoms. The van der Waals surface area contributed by atoms with E-state index in [1.165, 1.54) is 0 Å². The van der Waals surface area contributed by atoms with Crippen molar-refractivity contribution in [2.24, 2.45) is 0 Å². The average molecular weight is 344 g/mol. The Bertz CT molecular complexity index is 155. The van der Waals surface area contributed by atoms with E-state index in [0.717, 1.165) is 33.4 Å². The molecule has 0 saturated carbocycles. The predicted molar refractivity (Wildman–Crippen MR) is 87.5 cm³/mol. The Morgan fingerprint density at radius 3 is 1.43 bits per heavy atom. The maximum absolute atomic E-state index is 8.26. The lowest BCUT2D eigenvalue weighted by Crippen LogP contribution is -2.27. The lowest BCUT2D eigenvalue weighted by molar-refractivity contribution is -0.200. The molecule has 8 nitrogen and oxygen atoms in total. The van der Waals surface area contributed by atoms with Crippen LogP contribution in [0.3, 0.4) is 0 Å². The van der Waals surface area contributed by atoms with Crippen molar-refractivity contribution in [3.8, 4) is 0 Å². The first-order valence-corrected chi connectivity index (χ1v) is 7.80. The average Bonchev–Trinajstić information content (AvgIpc) is 2.54. The zero-order valence-electron chi connectivity index (χ0n) is 15.0. The first-order chi connectivity index (χ1) is 11.3. The first-order valence-electron chi connectivity index (χ1n) is 7.80. The van der Waals surface area contributed by atoms with Crippen LogP contribution in [0, 0.1) is 0 Å². The van der Waals surface area contributed by atoms with Crippen LogP contribution < -0.4 is 0 Å². The van der Waals surface area contributed by atoms with Crippen LogP contribution in [0.15, 0.2) is 0 Å². The predicted octanol–water partition coefficient (Wildman–Crippen LogP) is 0.0347. The summed E-state index contributed by atoms with van der Waals surface area (Å²) in [6.07, 6.45) is 1.18. The number of aliphatic hydroxyl groups is 3. The van der Waals surface area contributed by atoms with E-state index >= 15 is 0 Å². The van der Waals surface area contributed by atoms with E-state index in [9.17, 15) is 0 Å². The molecule has 0 aromatic rings. The molecule has 23 heavy (non-hydrogen) atoms. The van der Waals surface area contributed by atoms with Crippen LogP contribution in [0.25, 0.3) is 0 Å². The fourth-order valence-electron chi connectivity index (χ4n) is 1.06. The minimum absolute atomic E-state index is 0.0417. The molecular formula is C15H36O8. The summed E-state index contributed by atoms with van der Waals surface area (Å²) in [5.41, 5.74) is 0. The number of ether oxygens (including phenoxy) is 5. The fourth-order valence-corrected chi connectivity index (χ4v) is 1.06. The van der Waals surface area contributed by atoms with Gasteiger partial charge < -0.3 is 39.0 Å². The molecule has 144 valence electrons. The molecule has 0 spiro atoms. The van der Waals surface area contributed by atoms with Crippen molar-refractivity contribution in [1.29, 1.82) is 0 Å². The SMILES string of the molecule is CCOCC.CO.COC1CCO1.OCCOCCOCCO. The summed E-state index contributed by atoms with van der Waals surface area (Å²) in [5, 5.41) is 23.5. The van der Waals surface area contributed by atoms with E-state index in [0.29, 0.717) is 26.4 Å². The molecule has 1 atom stereocenters. The third-order valence-electron chi connectivity index (χ3n) is 2.17. The van der Waals surface area contributed by atoms with Gasteiger partial charge in [0.1, 0.15) is 0 Å². The summed E-state index contributed by atoms with van der Waals surface area (Å²) < 4.78 is 24.2. The zero-order chi connectivity index (χ0) is 18.2. The smallest absolute Gasteiger partial charge is 0.159 e. The summed E-state index contributed by atoms with van der Waals surface area (Å²) >= 11 is 0. The number of hydrogen-bond donors (Lipinski definition) is 3. The molecule has 1 rings (SSSR count). The van der Waals surface area contributed by atoms with Gasteiger partial charge in [0.15, 0.2) is 6.29 Å². The Morgan fingerprint density at radius 1 is 0.870 bits per heavy atom. The van der Waals surface area contributed by atoms with Gasteiger partial charge in [-0.1, -0.05) is 0 Å². The van der Waals surface area contributed by atoms with Gasteiger partial charge in [0.2, 0.25) is 0 Å². The number of rotatable bonds is 10. The summed E-state index contributed by atoms with van der Waals surface area (Å²) in [5.74, 6) is 0. The molecule has 1 saturated heterocycles. The highest BCUT2D eigenvalue weighted by Crippen LogP contribution is 2.09. The van der Waals surface area contributed by atoms with Crippen molar-refractivity contribution in [3.63, 3.8) is 0 Å². The zero-order valence-corrected chi connectivity index (χ0v) is 15.0. The molecule has 0 amide bonds. The molecule has 1 unspecified atom stereocenters. The van der Waals surface area contributed by atoms with E-state index < -0.39 is 0 Å². The molecule has 1 aliphatic heterocycles. The Balaban J connectivity index is -0.000000263. The lowest BCUT2D eigenvalue weighted by Gasteiger charge is -2.23. The molecule has 8 heteroatoms. The molecular weight excluding hydrogens is 308 g/mol. The van der Waals surface area contributed by atoms with Crippen LogP contribution >= 0.6 is 0 Å². The molecule has 0 aliphatic carbocycles. The Labute approximate surface area is 140 Å². The van der Waals surface area contributed by atoms with Gasteiger partial charge in [-0.05, 0) is 13.8 Å². The van der Waals surface area contributed by atoms with Crippen molar-refractivity contribution in [1.82, 2.24) is 0 Å². The summed E-state index contributed by atoms with van der Waals surface area (Å²) in [6.45, 7) is 8.27. The van der Waals surface area contributed by atoms with E-state index in [1.54, 1.807) is 7.11 Å². The van der Waals surface area contributed by atoms with E-state index in [2.05, 4.69) is 0 Å². The fraction of sp³-hybridized carbons (Fsp3) is 1.00. The second-order valence-corrected chi connectivity index (χ2v) is 3.78. The summed E-state index contributed by atoms with van der Waals surface area (Å²) in [7, 11) is 2.66. The highest BCUT2D eigenvalue weighted by atomic mass is 16.7. The third-order valence-corrected chi connectivity index (χ3v) is 2.17. The van der Waals surface area contributed by atoms with Gasteiger partial charge in [0.05, 0.1) is 46.2 Å². The maximum Gasteiger partial charge on any atom is 0.159 e. The lowest BCUT2D eigenvalue weighted by atomic mass is 10.3. The quantitative estimate of drug-likeness (QED) is 0.477. The summed E-state index contributed by atoms with van der Waals surface area (Å²) in [4.78, 5) is 0. The molecule has 0 aromatic heterocycles. The minimum atomic E-state index is 0.0417. The Kier molecular flexibility index (Phi) is 35.5. The van der Waals surface area contributed by atoms with Crippen molar-refractivity contribution < 1.29 is 39.0 Å². The van der Waals surface area contributed by atoms with Crippen LogP contribution in [0.2, 0.25) is 0 Å². The molecule has 0 radical (unpaired) electrons. The monoisotopic (exact) mass is 344 g/mol. The molecule has 3 N–H and O–H groups in total. The Hall–Kier alpha value is -0.320. The van der Waals surface area contributed by atoms with Crippen LogP contribution in [-0.2, 0) is 23.7 Å². The minimum Gasteiger partial charge on any atom is -0.400 e. The largest absolute Gasteiger partial charge is 0.400 e. The van der Waals surface area contributed by atoms with E-state index in [1.807, 2.05) is 13.8 Å². The number of methoxy groups -OCH3 is 1. The van der Waals surface area contributed by atoms with Gasteiger partial charge in [-0.3, -0.25) is 0 Å². The van der Waals surface area contributed by atoms with Gasteiger partial charge in [0.25, 0.3) is 0 Å². The van der Waals surface area contributed by atoms with Gasteiger partial charge in [-0.2, -0.15) is 0 Å². The van der Waals surface area contributed by atoms with Crippen molar-refractivity contribution in [2.45, 2.75) is 26.6 Å². The van der Waals surface area contributed by atoms with Gasteiger partial charge in [-0.25, -0.2) is 0 Å². The van der Waals surface area contributed by atoms with Crippen LogP contribution in [0.5, 0.6) is 0 Å². The van der Waals surface area contributed by atoms with Crippen molar-refractivity contribution in [3.05, 3.63) is 0 Å². The van der Waals surface area contributed by atoms with Gasteiger partial charge in [0, 0.05) is 33.9 Å². The van der Waals surface area contributed by atoms with Crippen molar-refractivity contribution in [2.75, 3.05) is 73.7 Å². The maximum atomic E-state index is 8.26. The van der Waals surface area contributed by atoms with Gasteiger partial charge >= 0.3 is 0 Å². The van der Waals surface area contributed by atoms with Crippen LogP contribution in [-0.4, -0.2) is 95.3 Å². The molecule has 0 aromatic carbocycles. The first kappa shape index (κ1) is 27.5. The molecule has 1 heterocycles. The number of aliphatic hydroxyl groups excluding tert-OH is 3. The third kappa shape index (κ3) is 30.2. The molecule has 1 fully saturated rings. The molecule has 1 aliphatic rings. The second-order valence-electron chi connectivity index (χ2n) is 3.78. The van der Waals surface area contributed by atoms with Crippen LogP contribution in [0.1, 0.15) is 20.3 Å². The Morgan fingerprint density at radius 2 is 1.30 bits per heavy atom. The normalized spacial score (nSPS) is 15.0. The summed E-state index contributed by atoms with van der Waals surface area (Å²) in [6, 6.07) is 0. The van der Waals surface area contributed by atoms with E-state index in [4.69, 9.17) is 39.0 Å².